The molecule has 0 radical (unpaired) electrons. The van der Waals surface area contributed by atoms with Gasteiger partial charge in [-0.1, -0.05) is 123 Å². The van der Waals surface area contributed by atoms with Crippen LogP contribution in [0, 0.1) is 28.6 Å². The van der Waals surface area contributed by atoms with E-state index in [0.717, 1.165) is 21.9 Å². The Labute approximate surface area is 587 Å². The fraction of sp³-hybridized carbons (Fsp3) is 0.549. The normalized spacial score (nSPS) is 23.0. The highest BCUT2D eigenvalue weighted by Crippen LogP contribution is 2.38. The van der Waals surface area contributed by atoms with Crippen LogP contribution in [0.2, 0.25) is 0 Å². The Morgan fingerprint density at radius 1 is 0.765 bits per heavy atom. The van der Waals surface area contributed by atoms with Crippen molar-refractivity contribution in [2.75, 3.05) is 52.4 Å². The third-order valence-corrected chi connectivity index (χ3v) is 19.3. The van der Waals surface area contributed by atoms with Crippen molar-refractivity contribution in [3.8, 4) is 0 Å². The molecule has 4 saturated heterocycles. The molecule has 5 bridgehead atoms. The standard InChI is InChI=1S/C37H48Cl3N5O7.C34H44N6O6/c1-22(2)31(32(48)41-23(3)33(49)45-16-6-7-28(20-45)34(50)52-21-37(38,39)40)43-35(51)36(14-17-44(18-15-36)25(5)47)13-12-26-8-9-27-10-11-29(24(4)46)42-30(27)19-26;1-20(2)29-30(42)35-21(3)31(43)40-16-6-7-27(38-40)32(44)46-22(4)26-11-10-25-9-8-24(19-28(25)36-26)12-13-34(33(45)37-29)14-17-39(18-15-34)23(5)41/h8-13,19,22-24,28,31,46H,6-7,14-18,20-21H2,1-5H3,(H,41,48)(H,43,51);8-13,19-22,27,29,38H,6-7,14-18H2,1-5H3,(H,35,42)(H,37,45)/b2*13-12+/t23-,24+,28+,31-;21-,22+,27-,29-/m00/s1. The Kier molecular flexibility index (Phi) is 25.5. The zero-order valence-corrected chi connectivity index (χ0v) is 59.6. The molecule has 2 aromatic heterocycles. The summed E-state index contributed by atoms with van der Waals surface area (Å²) < 4.78 is 9.17. The van der Waals surface area contributed by atoms with Gasteiger partial charge in [0, 0.05) is 70.4 Å². The van der Waals surface area contributed by atoms with E-state index in [4.69, 9.17) is 49.3 Å². The van der Waals surface area contributed by atoms with Gasteiger partial charge < -0.3 is 50.5 Å². The number of hydrazine groups is 1. The van der Waals surface area contributed by atoms with Gasteiger partial charge in [0.05, 0.1) is 45.3 Å². The first-order valence-corrected chi connectivity index (χ1v) is 34.8. The summed E-state index contributed by atoms with van der Waals surface area (Å²) in [5, 5.41) is 24.7. The molecule has 4 aromatic rings. The highest BCUT2D eigenvalue weighted by Gasteiger charge is 2.45. The van der Waals surface area contributed by atoms with Crippen LogP contribution in [-0.4, -0.2) is 180 Å². The van der Waals surface area contributed by atoms with E-state index in [2.05, 4.69) is 31.7 Å². The first kappa shape index (κ1) is 76.0. The van der Waals surface area contributed by atoms with Crippen LogP contribution in [0.15, 0.2) is 72.8 Å². The molecule has 1 spiro atoms. The minimum Gasteiger partial charge on any atom is -0.461 e. The number of pyridine rings is 2. The number of aliphatic hydroxyl groups excluding tert-OH is 1. The topological polar surface area (TPSA) is 308 Å². The third kappa shape index (κ3) is 19.4. The third-order valence-electron chi connectivity index (χ3n) is 19.0. The number of benzene rings is 2. The monoisotopic (exact) mass is 1410 g/mol. The van der Waals surface area contributed by atoms with Crippen molar-refractivity contribution in [3.63, 3.8) is 0 Å². The quantitative estimate of drug-likeness (QED) is 0.0596. The Balaban J connectivity index is 0.000000252. The van der Waals surface area contributed by atoms with Gasteiger partial charge in [0.1, 0.15) is 42.9 Å². The zero-order chi connectivity index (χ0) is 71.6. The van der Waals surface area contributed by atoms with E-state index in [1.165, 1.54) is 23.8 Å². The van der Waals surface area contributed by atoms with Crippen molar-refractivity contribution in [2.24, 2.45) is 28.6 Å². The first-order chi connectivity index (χ1) is 46.2. The second kappa shape index (κ2) is 32.9. The molecule has 0 unspecified atom stereocenters. The largest absolute Gasteiger partial charge is 0.461 e. The molecule has 6 N–H and O–H groups in total. The van der Waals surface area contributed by atoms with E-state index >= 15 is 0 Å². The summed E-state index contributed by atoms with van der Waals surface area (Å²) in [7, 11) is 0. The van der Waals surface area contributed by atoms with Crippen molar-refractivity contribution < 1.29 is 62.5 Å². The molecule has 0 saturated carbocycles. The second-order valence-electron chi connectivity index (χ2n) is 27.1. The number of nitrogens with one attached hydrogen (secondary N) is 5. The number of cyclic esters (lactones) is 1. The van der Waals surface area contributed by atoms with Gasteiger partial charge in [0.25, 0.3) is 5.91 Å². The van der Waals surface area contributed by atoms with Crippen LogP contribution >= 0.6 is 34.8 Å². The summed E-state index contributed by atoms with van der Waals surface area (Å²) in [6.07, 6.45) is 9.67. The first-order valence-electron chi connectivity index (χ1n) is 33.7. The van der Waals surface area contributed by atoms with E-state index in [-0.39, 0.29) is 47.9 Å². The SMILES string of the molecule is CC(=O)N1CCC(/C=C/c2ccc3ccc([C@@H](C)O)nc3c2)(C(=O)N[C@H](C(=O)N[C@@H](C)C(=O)N2CCC[C@@H](C(=O)OCC(Cl)(Cl)Cl)C2)C(C)C)CC1.CC(=O)N1CCC2(/C=C/c3ccc4ccc(nc4c3)[C@@H](C)OC(=O)[C@@H]3CCCN(N3)C(=O)[C@H](C)NC(=O)[C@H](C(C)C)NC2=O)CC1. The molecule has 2 aromatic carbocycles. The van der Waals surface area contributed by atoms with Crippen molar-refractivity contribution in [1.82, 2.24) is 56.4 Å². The maximum absolute atomic E-state index is 14.2. The zero-order valence-electron chi connectivity index (χ0n) is 57.3. The number of amides is 8. The molecule has 0 aliphatic carbocycles. The lowest BCUT2D eigenvalue weighted by molar-refractivity contribution is -0.157. The van der Waals surface area contributed by atoms with Crippen LogP contribution in [0.3, 0.4) is 0 Å². The van der Waals surface area contributed by atoms with E-state index in [1.807, 2.05) is 92.7 Å². The number of carbonyl (C=O) groups is 10. The number of rotatable bonds is 12. The molecule has 27 heteroatoms. The van der Waals surface area contributed by atoms with Crippen molar-refractivity contribution in [3.05, 3.63) is 95.3 Å². The molecule has 5 aliphatic rings. The van der Waals surface area contributed by atoms with Crippen LogP contribution in [-0.2, 0) is 57.4 Å². The number of fused-ring (bicyclic) bond motifs is 5. The number of hydrogen-bond donors (Lipinski definition) is 6. The van der Waals surface area contributed by atoms with Crippen LogP contribution in [0.25, 0.3) is 34.0 Å². The highest BCUT2D eigenvalue weighted by atomic mass is 35.6. The van der Waals surface area contributed by atoms with E-state index in [9.17, 15) is 53.1 Å². The molecule has 98 heavy (non-hydrogen) atoms. The van der Waals surface area contributed by atoms with Gasteiger partial charge in [-0.3, -0.25) is 57.9 Å². The molecule has 530 valence electrons. The van der Waals surface area contributed by atoms with E-state index in [1.54, 1.807) is 57.4 Å². The van der Waals surface area contributed by atoms with Gasteiger partial charge in [-0.25, -0.2) is 10.4 Å². The lowest BCUT2D eigenvalue weighted by Crippen LogP contribution is -2.61. The van der Waals surface area contributed by atoms with Gasteiger partial charge >= 0.3 is 11.9 Å². The number of aromatic nitrogens is 2. The molecular weight excluding hydrogens is 1320 g/mol. The number of carbonyl (C=O) groups excluding carboxylic acids is 10. The average Bonchev–Trinajstić information content (AvgIpc) is 0.957. The summed E-state index contributed by atoms with van der Waals surface area (Å²) in [6, 6.07) is 14.5. The lowest BCUT2D eigenvalue weighted by Gasteiger charge is -2.39. The number of alkyl halides is 3. The van der Waals surface area contributed by atoms with Gasteiger partial charge in [0.15, 0.2) is 0 Å². The van der Waals surface area contributed by atoms with Crippen LogP contribution in [0.5, 0.6) is 0 Å². The van der Waals surface area contributed by atoms with Crippen molar-refractivity contribution in [1.29, 1.82) is 0 Å². The minimum atomic E-state index is -1.75. The summed E-state index contributed by atoms with van der Waals surface area (Å²) in [4.78, 5) is 147. The molecule has 4 fully saturated rings. The number of likely N-dealkylation sites (tertiary alicyclic amines) is 3. The number of aliphatic hydroxyl groups is 1. The Morgan fingerprint density at radius 2 is 1.39 bits per heavy atom. The highest BCUT2D eigenvalue weighted by molar-refractivity contribution is 6.67. The van der Waals surface area contributed by atoms with Crippen LogP contribution in [0.1, 0.15) is 155 Å². The summed E-state index contributed by atoms with van der Waals surface area (Å²) in [5.41, 5.74) is 5.14. The van der Waals surface area contributed by atoms with Gasteiger partial charge in [-0.15, -0.1) is 0 Å². The van der Waals surface area contributed by atoms with Gasteiger partial charge in [-0.2, -0.15) is 0 Å². The molecule has 7 heterocycles. The predicted molar refractivity (Wildman–Crippen MR) is 372 cm³/mol. The van der Waals surface area contributed by atoms with Gasteiger partial charge in [0.2, 0.25) is 45.1 Å². The number of hydrogen-bond acceptors (Lipinski definition) is 16. The number of esters is 2. The molecule has 9 rings (SSSR count). The number of nitrogens with zero attached hydrogens (tertiary/aromatic N) is 6. The molecule has 8 amide bonds. The van der Waals surface area contributed by atoms with Crippen molar-refractivity contribution >= 4 is 128 Å². The summed E-state index contributed by atoms with van der Waals surface area (Å²) >= 11 is 17.1. The number of halogens is 3. The maximum atomic E-state index is 14.2. The molecule has 5 aliphatic heterocycles. The number of ether oxygens (including phenoxy) is 2. The molecular formula is C71H92Cl3N11O13. The fourth-order valence-electron chi connectivity index (χ4n) is 12.8. The Morgan fingerprint density at radius 3 is 2.02 bits per heavy atom. The summed E-state index contributed by atoms with van der Waals surface area (Å²) in [5.74, 6) is -4.83. The van der Waals surface area contributed by atoms with Gasteiger partial charge in [-0.05, 0) is 126 Å². The Hall–Kier alpha value is -7.77. The van der Waals surface area contributed by atoms with E-state index < -0.39 is 99.2 Å². The molecule has 8 atom stereocenters. The van der Waals surface area contributed by atoms with Crippen LogP contribution in [0.4, 0.5) is 0 Å². The summed E-state index contributed by atoms with van der Waals surface area (Å²) in [6.45, 7) is 18.8. The average molecular weight is 1410 g/mol. The van der Waals surface area contributed by atoms with Crippen LogP contribution < -0.4 is 26.7 Å². The molecule has 24 nitrogen and oxygen atoms in total. The second-order valence-corrected chi connectivity index (χ2v) is 29.6. The number of piperidine rings is 3. The smallest absolute Gasteiger partial charge is 0.325 e. The predicted octanol–water partition coefficient (Wildman–Crippen LogP) is 7.36. The lowest BCUT2D eigenvalue weighted by atomic mass is 9.76. The van der Waals surface area contributed by atoms with Crippen molar-refractivity contribution in [2.45, 2.75) is 167 Å². The Bertz CT molecular complexity index is 3690. The fourth-order valence-corrected chi connectivity index (χ4v) is 13.0. The maximum Gasteiger partial charge on any atom is 0.325 e. The van der Waals surface area contributed by atoms with E-state index in [0.29, 0.717) is 113 Å². The minimum absolute atomic E-state index is 0.0501.